The van der Waals surface area contributed by atoms with E-state index in [9.17, 15) is 0 Å². The van der Waals surface area contributed by atoms with Crippen LogP contribution >= 0.6 is 0 Å². The lowest BCUT2D eigenvalue weighted by Crippen LogP contribution is -1.99. The molecule has 2 nitrogen and oxygen atoms in total. The third kappa shape index (κ3) is 4.51. The van der Waals surface area contributed by atoms with Gasteiger partial charge in [-0.05, 0) is 37.0 Å². The zero-order valence-electron chi connectivity index (χ0n) is 9.36. The quantitative estimate of drug-likeness (QED) is 0.687. The van der Waals surface area contributed by atoms with Crippen molar-refractivity contribution in [3.05, 3.63) is 29.8 Å². The Kier molecular flexibility index (Phi) is 4.70. The minimum Gasteiger partial charge on any atom is -0.494 e. The maximum absolute atomic E-state index is 8.70. The zero-order chi connectivity index (χ0) is 11.1. The van der Waals surface area contributed by atoms with Gasteiger partial charge >= 0.3 is 0 Å². The third-order valence-electron chi connectivity index (χ3n) is 2.16. The second-order valence-corrected chi connectivity index (χ2v) is 4.02. The van der Waals surface area contributed by atoms with E-state index in [1.54, 1.807) is 12.1 Å². The summed E-state index contributed by atoms with van der Waals surface area (Å²) in [7, 11) is 0. The number of benzene rings is 1. The summed E-state index contributed by atoms with van der Waals surface area (Å²) in [6, 6.07) is 9.38. The molecule has 0 aliphatic rings. The van der Waals surface area contributed by atoms with Gasteiger partial charge in [-0.2, -0.15) is 5.26 Å². The molecule has 1 aromatic carbocycles. The third-order valence-corrected chi connectivity index (χ3v) is 2.16. The van der Waals surface area contributed by atoms with E-state index in [1.165, 1.54) is 6.42 Å². The van der Waals surface area contributed by atoms with Crippen LogP contribution in [0.1, 0.15) is 32.3 Å². The average Bonchev–Trinajstić information content (AvgIpc) is 2.24. The van der Waals surface area contributed by atoms with Crippen molar-refractivity contribution in [3.63, 3.8) is 0 Å². The van der Waals surface area contributed by atoms with Crippen LogP contribution in [0.3, 0.4) is 0 Å². The predicted octanol–water partition coefficient (Wildman–Crippen LogP) is 3.37. The Balaban J connectivity index is 2.35. The molecule has 0 aromatic heterocycles. The summed E-state index contributed by atoms with van der Waals surface area (Å²) >= 11 is 0. The van der Waals surface area contributed by atoms with E-state index in [0.717, 1.165) is 24.7 Å². The maximum atomic E-state index is 8.70. The van der Waals surface area contributed by atoms with Crippen LogP contribution in [0.15, 0.2) is 24.3 Å². The first-order valence-electron chi connectivity index (χ1n) is 5.35. The van der Waals surface area contributed by atoms with E-state index in [2.05, 4.69) is 19.9 Å². The highest BCUT2D eigenvalue weighted by Crippen LogP contribution is 2.13. The van der Waals surface area contributed by atoms with Crippen molar-refractivity contribution < 1.29 is 4.74 Å². The summed E-state index contributed by atoms with van der Waals surface area (Å²) in [5.74, 6) is 1.51. The highest BCUT2D eigenvalue weighted by molar-refractivity contribution is 5.36. The number of rotatable bonds is 5. The van der Waals surface area contributed by atoms with E-state index < -0.39 is 0 Å². The lowest BCUT2D eigenvalue weighted by atomic mass is 10.1. The molecule has 0 saturated carbocycles. The van der Waals surface area contributed by atoms with Crippen LogP contribution in [-0.4, -0.2) is 6.61 Å². The molecule has 0 atom stereocenters. The minimum atomic E-state index is 0.649. The molecule has 0 aliphatic carbocycles. The number of ether oxygens (including phenoxy) is 1. The molecule has 0 unspecified atom stereocenters. The molecule has 1 rings (SSSR count). The first-order chi connectivity index (χ1) is 7.22. The van der Waals surface area contributed by atoms with Gasteiger partial charge in [0, 0.05) is 0 Å². The normalized spacial score (nSPS) is 10.0. The molecule has 80 valence electrons. The molecule has 0 amide bonds. The monoisotopic (exact) mass is 203 g/mol. The number of hydrogen-bond donors (Lipinski definition) is 0. The molecule has 0 radical (unpaired) electrons. The fourth-order valence-electron chi connectivity index (χ4n) is 1.34. The summed E-state index contributed by atoms with van der Waals surface area (Å²) in [5, 5.41) is 8.70. The zero-order valence-corrected chi connectivity index (χ0v) is 9.36. The Hall–Kier alpha value is -1.49. The van der Waals surface area contributed by atoms with Crippen LogP contribution in [0.4, 0.5) is 0 Å². The molecule has 2 heteroatoms. The van der Waals surface area contributed by atoms with Gasteiger partial charge in [0.1, 0.15) is 5.75 Å². The van der Waals surface area contributed by atoms with Gasteiger partial charge in [0.25, 0.3) is 0 Å². The molecule has 0 spiro atoms. The van der Waals surface area contributed by atoms with Gasteiger partial charge in [0.2, 0.25) is 0 Å². The van der Waals surface area contributed by atoms with Crippen LogP contribution in [0.2, 0.25) is 0 Å². The van der Waals surface area contributed by atoms with Crippen LogP contribution < -0.4 is 4.74 Å². The smallest absolute Gasteiger partial charge is 0.120 e. The Morgan fingerprint density at radius 3 is 2.87 bits per heavy atom. The molecular formula is C13H17NO. The largest absolute Gasteiger partial charge is 0.494 e. The van der Waals surface area contributed by atoms with Gasteiger partial charge < -0.3 is 4.74 Å². The van der Waals surface area contributed by atoms with Crippen LogP contribution in [0.25, 0.3) is 0 Å². The lowest BCUT2D eigenvalue weighted by molar-refractivity contribution is 0.297. The van der Waals surface area contributed by atoms with E-state index >= 15 is 0 Å². The molecule has 0 N–H and O–H groups in total. The summed E-state index contributed by atoms with van der Waals surface area (Å²) in [6.07, 6.45) is 2.24. The Bertz CT molecular complexity index is 339. The van der Waals surface area contributed by atoms with Gasteiger partial charge in [-0.15, -0.1) is 0 Å². The highest BCUT2D eigenvalue weighted by Gasteiger charge is 1.97. The molecule has 15 heavy (non-hydrogen) atoms. The number of nitrogens with zero attached hydrogens (tertiary/aromatic N) is 1. The van der Waals surface area contributed by atoms with Crippen molar-refractivity contribution >= 4 is 0 Å². The summed E-state index contributed by atoms with van der Waals surface area (Å²) in [4.78, 5) is 0. The SMILES string of the molecule is CC(C)CCCOc1cccc(C#N)c1. The Labute approximate surface area is 91.5 Å². The molecule has 0 bridgehead atoms. The van der Waals surface area contributed by atoms with E-state index in [1.807, 2.05) is 12.1 Å². The van der Waals surface area contributed by atoms with Crippen molar-refractivity contribution in [3.8, 4) is 11.8 Å². The molecule has 0 heterocycles. The summed E-state index contributed by atoms with van der Waals surface area (Å²) in [6.45, 7) is 5.14. The van der Waals surface area contributed by atoms with Gasteiger partial charge in [-0.1, -0.05) is 19.9 Å². The van der Waals surface area contributed by atoms with Crippen LogP contribution in [-0.2, 0) is 0 Å². The number of hydrogen-bond acceptors (Lipinski definition) is 2. The second kappa shape index (κ2) is 6.08. The minimum absolute atomic E-state index is 0.649. The Morgan fingerprint density at radius 2 is 2.20 bits per heavy atom. The fourth-order valence-corrected chi connectivity index (χ4v) is 1.34. The lowest BCUT2D eigenvalue weighted by Gasteiger charge is -2.07. The van der Waals surface area contributed by atoms with Crippen LogP contribution in [0.5, 0.6) is 5.75 Å². The molecule has 0 saturated heterocycles. The van der Waals surface area contributed by atoms with Gasteiger partial charge in [-0.3, -0.25) is 0 Å². The van der Waals surface area contributed by atoms with Gasteiger partial charge in [0.15, 0.2) is 0 Å². The average molecular weight is 203 g/mol. The second-order valence-electron chi connectivity index (χ2n) is 4.02. The molecule has 0 aliphatic heterocycles. The fraction of sp³-hybridized carbons (Fsp3) is 0.462. The van der Waals surface area contributed by atoms with Gasteiger partial charge in [-0.25, -0.2) is 0 Å². The Morgan fingerprint density at radius 1 is 1.40 bits per heavy atom. The van der Waals surface area contributed by atoms with Crippen molar-refractivity contribution in [1.82, 2.24) is 0 Å². The molecule has 1 aromatic rings. The van der Waals surface area contributed by atoms with Crippen molar-refractivity contribution in [2.75, 3.05) is 6.61 Å². The topological polar surface area (TPSA) is 33.0 Å². The van der Waals surface area contributed by atoms with Crippen LogP contribution in [0, 0.1) is 17.2 Å². The predicted molar refractivity (Wildman–Crippen MR) is 60.7 cm³/mol. The van der Waals surface area contributed by atoms with Crippen molar-refractivity contribution in [2.24, 2.45) is 5.92 Å². The highest BCUT2D eigenvalue weighted by atomic mass is 16.5. The first-order valence-corrected chi connectivity index (χ1v) is 5.35. The maximum Gasteiger partial charge on any atom is 0.120 e. The van der Waals surface area contributed by atoms with E-state index in [4.69, 9.17) is 10.00 Å². The number of nitriles is 1. The summed E-state index contributed by atoms with van der Waals surface area (Å²) in [5.41, 5.74) is 0.649. The van der Waals surface area contributed by atoms with Crippen molar-refractivity contribution in [1.29, 1.82) is 5.26 Å². The van der Waals surface area contributed by atoms with Crippen molar-refractivity contribution in [2.45, 2.75) is 26.7 Å². The molecular weight excluding hydrogens is 186 g/mol. The standard InChI is InChI=1S/C13H17NO/c1-11(2)5-4-8-15-13-7-3-6-12(9-13)10-14/h3,6-7,9,11H,4-5,8H2,1-2H3. The first kappa shape index (κ1) is 11.6. The van der Waals surface area contributed by atoms with Gasteiger partial charge in [0.05, 0.1) is 18.2 Å². The molecule has 0 fully saturated rings. The van der Waals surface area contributed by atoms with E-state index in [0.29, 0.717) is 5.56 Å². The summed E-state index contributed by atoms with van der Waals surface area (Å²) < 4.78 is 5.55. The van der Waals surface area contributed by atoms with E-state index in [-0.39, 0.29) is 0 Å².